The number of aromatic hydroxyl groups is 1. The van der Waals surface area contributed by atoms with Crippen molar-refractivity contribution in [1.29, 1.82) is 0 Å². The molecule has 0 radical (unpaired) electrons. The average molecular weight is 171 g/mol. The average Bonchev–Trinajstić information content (AvgIpc) is 2.43. The van der Waals surface area contributed by atoms with Crippen molar-refractivity contribution in [2.45, 2.75) is 0 Å². The number of furan rings is 1. The monoisotopic (exact) mass is 171 g/mol. The van der Waals surface area contributed by atoms with Crippen LogP contribution in [0.1, 0.15) is 0 Å². The van der Waals surface area contributed by atoms with Crippen molar-refractivity contribution in [3.05, 3.63) is 5.21 Å². The molecule has 2 heterocycles. The summed E-state index contributed by atoms with van der Waals surface area (Å²) in [4.78, 5) is 0. The van der Waals surface area contributed by atoms with Crippen molar-refractivity contribution in [1.82, 2.24) is 0 Å². The van der Waals surface area contributed by atoms with E-state index in [1.807, 2.05) is 0 Å². The Hall–Kier alpha value is -2.05. The second-order valence-electron chi connectivity index (χ2n) is 2.19. The molecule has 0 bridgehead atoms. The molecule has 0 saturated heterocycles. The number of rotatable bonds is 0. The quantitative estimate of drug-likeness (QED) is 0.363. The normalized spacial score (nSPS) is 11.0. The SMILES string of the molecule is Nc1oc2c(oc(O)[n+]2[O-])c1N. The van der Waals surface area contributed by atoms with Crippen molar-refractivity contribution in [2.24, 2.45) is 0 Å². The third-order valence-electron chi connectivity index (χ3n) is 1.46. The molecule has 0 aromatic carbocycles. The number of fused-ring (bicyclic) bond motifs is 1. The fraction of sp³-hybridized carbons (Fsp3) is 0. The minimum atomic E-state index is -0.824. The van der Waals surface area contributed by atoms with Crippen LogP contribution in [0.5, 0.6) is 6.08 Å². The van der Waals surface area contributed by atoms with Gasteiger partial charge in [-0.25, -0.2) is 0 Å². The number of nitrogens with two attached hydrogens (primary N) is 2. The molecular weight excluding hydrogens is 166 g/mol. The van der Waals surface area contributed by atoms with Gasteiger partial charge in [0.1, 0.15) is 5.69 Å². The number of aromatic nitrogens is 1. The summed E-state index contributed by atoms with van der Waals surface area (Å²) in [6.45, 7) is 0. The van der Waals surface area contributed by atoms with Gasteiger partial charge in [0, 0.05) is 0 Å². The summed E-state index contributed by atoms with van der Waals surface area (Å²) < 4.78 is 9.31. The molecule has 7 heteroatoms. The lowest BCUT2D eigenvalue weighted by atomic mass is 10.5. The van der Waals surface area contributed by atoms with Gasteiger partial charge < -0.3 is 30.6 Å². The maximum Gasteiger partial charge on any atom is 0.573 e. The highest BCUT2D eigenvalue weighted by Crippen LogP contribution is 2.30. The van der Waals surface area contributed by atoms with Crippen LogP contribution in [0, 0.1) is 5.21 Å². The van der Waals surface area contributed by atoms with Gasteiger partial charge in [-0.2, -0.15) is 0 Å². The first-order valence-electron chi connectivity index (χ1n) is 3.00. The maximum atomic E-state index is 10.9. The van der Waals surface area contributed by atoms with Gasteiger partial charge in [-0.1, -0.05) is 4.73 Å². The zero-order chi connectivity index (χ0) is 8.88. The highest BCUT2D eigenvalue weighted by Gasteiger charge is 2.26. The standard InChI is InChI=1S/C5H5N3O4/c6-1-2-4(12-3(1)7)8(10)5(9)11-2/h9H,6-7H2. The molecule has 12 heavy (non-hydrogen) atoms. The Bertz CT molecular complexity index is 401. The summed E-state index contributed by atoms with van der Waals surface area (Å²) in [6, 6.07) is 0. The van der Waals surface area contributed by atoms with E-state index < -0.39 is 6.08 Å². The van der Waals surface area contributed by atoms with Crippen molar-refractivity contribution in [3.8, 4) is 6.08 Å². The lowest BCUT2D eigenvalue weighted by Crippen LogP contribution is -2.22. The Morgan fingerprint density at radius 2 is 2.00 bits per heavy atom. The van der Waals surface area contributed by atoms with Crippen molar-refractivity contribution in [3.63, 3.8) is 0 Å². The molecule has 0 saturated carbocycles. The number of nitrogen functional groups attached to an aromatic ring is 2. The zero-order valence-corrected chi connectivity index (χ0v) is 5.77. The largest absolute Gasteiger partial charge is 0.611 e. The Labute approximate surface area is 65.4 Å². The molecule has 0 spiro atoms. The van der Waals surface area contributed by atoms with Gasteiger partial charge in [0.25, 0.3) is 5.58 Å². The number of hydrogen-bond acceptors (Lipinski definition) is 6. The van der Waals surface area contributed by atoms with E-state index in [0.29, 0.717) is 0 Å². The molecule has 0 atom stereocenters. The first kappa shape index (κ1) is 6.65. The van der Waals surface area contributed by atoms with Crippen LogP contribution in [0.2, 0.25) is 0 Å². The minimum absolute atomic E-state index is 0.00917. The van der Waals surface area contributed by atoms with Gasteiger partial charge in [0.15, 0.2) is 0 Å². The second kappa shape index (κ2) is 1.76. The Morgan fingerprint density at radius 1 is 1.33 bits per heavy atom. The molecule has 0 amide bonds. The highest BCUT2D eigenvalue weighted by atomic mass is 16.6. The van der Waals surface area contributed by atoms with Crippen molar-refractivity contribution >= 4 is 22.9 Å². The van der Waals surface area contributed by atoms with Crippen LogP contribution < -0.4 is 16.2 Å². The van der Waals surface area contributed by atoms with E-state index in [4.69, 9.17) is 21.0 Å². The predicted octanol–water partition coefficient (Wildman–Crippen LogP) is -0.471. The summed E-state index contributed by atoms with van der Waals surface area (Å²) in [7, 11) is 0. The zero-order valence-electron chi connectivity index (χ0n) is 5.77. The summed E-state index contributed by atoms with van der Waals surface area (Å²) in [5.41, 5.74) is 10.3. The smallest absolute Gasteiger partial charge is 0.573 e. The van der Waals surface area contributed by atoms with Crippen molar-refractivity contribution in [2.75, 3.05) is 11.5 Å². The molecule has 0 aliphatic carbocycles. The minimum Gasteiger partial charge on any atom is -0.611 e. The molecule has 0 unspecified atom stereocenters. The van der Waals surface area contributed by atoms with Crippen LogP contribution in [-0.2, 0) is 0 Å². The van der Waals surface area contributed by atoms with E-state index >= 15 is 0 Å². The fourth-order valence-electron chi connectivity index (χ4n) is 0.885. The molecule has 0 fully saturated rings. The summed E-state index contributed by atoms with van der Waals surface area (Å²) in [5, 5.41) is 19.6. The Morgan fingerprint density at radius 3 is 2.58 bits per heavy atom. The van der Waals surface area contributed by atoms with Gasteiger partial charge in [-0.3, -0.25) is 0 Å². The van der Waals surface area contributed by atoms with E-state index in [9.17, 15) is 5.21 Å². The number of anilines is 2. The van der Waals surface area contributed by atoms with Crippen LogP contribution in [-0.4, -0.2) is 5.11 Å². The topological polar surface area (TPSA) is 125 Å². The lowest BCUT2D eigenvalue weighted by Gasteiger charge is -1.86. The van der Waals surface area contributed by atoms with Gasteiger partial charge in [-0.15, -0.1) is 0 Å². The Kier molecular flexibility index (Phi) is 0.972. The van der Waals surface area contributed by atoms with Crippen LogP contribution in [0.4, 0.5) is 11.6 Å². The molecule has 5 N–H and O–H groups in total. The third kappa shape index (κ3) is 0.570. The van der Waals surface area contributed by atoms with Crippen LogP contribution >= 0.6 is 0 Å². The van der Waals surface area contributed by atoms with E-state index in [1.54, 1.807) is 0 Å². The van der Waals surface area contributed by atoms with Crippen LogP contribution in [0.3, 0.4) is 0 Å². The van der Waals surface area contributed by atoms with Crippen LogP contribution in [0.25, 0.3) is 11.3 Å². The molecule has 2 aromatic rings. The van der Waals surface area contributed by atoms with Gasteiger partial charge >= 0.3 is 11.8 Å². The van der Waals surface area contributed by atoms with Crippen molar-refractivity contribution < 1.29 is 18.7 Å². The van der Waals surface area contributed by atoms with E-state index in [0.717, 1.165) is 0 Å². The molecular formula is C5H5N3O4. The van der Waals surface area contributed by atoms with Gasteiger partial charge in [0.05, 0.1) is 0 Å². The molecule has 0 aliphatic rings. The molecule has 64 valence electrons. The third-order valence-corrected chi connectivity index (χ3v) is 1.46. The highest BCUT2D eigenvalue weighted by molar-refractivity contribution is 5.86. The maximum absolute atomic E-state index is 10.9. The second-order valence-corrected chi connectivity index (χ2v) is 2.19. The summed E-state index contributed by atoms with van der Waals surface area (Å²) in [5.74, 6) is -0.103. The van der Waals surface area contributed by atoms with E-state index in [1.165, 1.54) is 0 Å². The number of oxazole rings is 1. The number of hydrogen-bond donors (Lipinski definition) is 3. The van der Waals surface area contributed by atoms with Gasteiger partial charge in [-0.05, 0) is 0 Å². The van der Waals surface area contributed by atoms with Gasteiger partial charge in [0.2, 0.25) is 5.88 Å². The van der Waals surface area contributed by atoms with E-state index in [2.05, 4.69) is 4.42 Å². The fourth-order valence-corrected chi connectivity index (χ4v) is 0.885. The molecule has 2 rings (SSSR count). The molecule has 2 aromatic heterocycles. The molecule has 7 nitrogen and oxygen atoms in total. The first-order chi connectivity index (χ1) is 5.61. The number of nitrogens with zero attached hydrogens (tertiary/aromatic N) is 1. The van der Waals surface area contributed by atoms with Crippen LogP contribution in [0.15, 0.2) is 8.83 Å². The predicted molar refractivity (Wildman–Crippen MR) is 37.9 cm³/mol. The summed E-state index contributed by atoms with van der Waals surface area (Å²) in [6.07, 6.45) is -0.824. The Balaban J connectivity index is 2.93. The summed E-state index contributed by atoms with van der Waals surface area (Å²) >= 11 is 0. The molecule has 0 aliphatic heterocycles. The lowest BCUT2D eigenvalue weighted by molar-refractivity contribution is -0.599. The van der Waals surface area contributed by atoms with E-state index in [-0.39, 0.29) is 27.6 Å². The first-order valence-corrected chi connectivity index (χ1v) is 3.00.